The molecule has 3 nitrogen and oxygen atoms in total. The highest BCUT2D eigenvalue weighted by Gasteiger charge is 2.18. The van der Waals surface area contributed by atoms with E-state index in [-0.39, 0.29) is 11.9 Å². The van der Waals surface area contributed by atoms with Crippen LogP contribution in [0.25, 0.3) is 0 Å². The molecular weight excluding hydrogens is 292 g/mol. The summed E-state index contributed by atoms with van der Waals surface area (Å²) in [7, 11) is 0. The first kappa shape index (κ1) is 13.6. The summed E-state index contributed by atoms with van der Waals surface area (Å²) < 4.78 is 1.06. The minimum Gasteiger partial charge on any atom is -0.350 e. The number of amides is 1. The fourth-order valence-corrected chi connectivity index (χ4v) is 2.55. The van der Waals surface area contributed by atoms with Crippen LogP contribution in [0.1, 0.15) is 37.8 Å². The van der Waals surface area contributed by atoms with Crippen molar-refractivity contribution in [2.45, 2.75) is 38.3 Å². The third-order valence-electron chi connectivity index (χ3n) is 3.34. The van der Waals surface area contributed by atoms with Gasteiger partial charge in [-0.1, -0.05) is 28.1 Å². The van der Waals surface area contributed by atoms with E-state index in [1.54, 1.807) is 0 Å². The first-order valence-electron chi connectivity index (χ1n) is 6.43. The zero-order valence-electron chi connectivity index (χ0n) is 10.6. The van der Waals surface area contributed by atoms with Crippen molar-refractivity contribution < 1.29 is 4.79 Å². The molecule has 0 radical (unpaired) electrons. The van der Waals surface area contributed by atoms with Crippen molar-refractivity contribution in [3.63, 3.8) is 0 Å². The summed E-state index contributed by atoms with van der Waals surface area (Å²) in [6.45, 7) is 3.06. The van der Waals surface area contributed by atoms with Gasteiger partial charge in [0.25, 0.3) is 0 Å². The predicted octanol–water partition coefficient (Wildman–Crippen LogP) is 2.77. The fourth-order valence-electron chi connectivity index (χ4n) is 2.29. The summed E-state index contributed by atoms with van der Waals surface area (Å²) in [5, 5.41) is 6.39. The third-order valence-corrected chi connectivity index (χ3v) is 3.87. The van der Waals surface area contributed by atoms with Crippen molar-refractivity contribution in [3.05, 3.63) is 34.3 Å². The molecule has 18 heavy (non-hydrogen) atoms. The molecule has 0 saturated carbocycles. The maximum Gasteiger partial charge on any atom is 0.222 e. The van der Waals surface area contributed by atoms with Gasteiger partial charge in [-0.05, 0) is 44.0 Å². The highest BCUT2D eigenvalue weighted by Crippen LogP contribution is 2.17. The van der Waals surface area contributed by atoms with Gasteiger partial charge in [-0.25, -0.2) is 0 Å². The molecule has 2 atom stereocenters. The Kier molecular flexibility index (Phi) is 4.78. The molecule has 1 heterocycles. The van der Waals surface area contributed by atoms with Crippen LogP contribution in [0.3, 0.4) is 0 Å². The maximum atomic E-state index is 11.9. The molecule has 1 saturated heterocycles. The molecule has 1 amide bonds. The molecule has 1 aliphatic heterocycles. The van der Waals surface area contributed by atoms with Gasteiger partial charge in [-0.15, -0.1) is 0 Å². The van der Waals surface area contributed by atoms with Crippen LogP contribution in [0.5, 0.6) is 0 Å². The Labute approximate surface area is 116 Å². The van der Waals surface area contributed by atoms with Crippen LogP contribution in [-0.4, -0.2) is 18.5 Å². The summed E-state index contributed by atoms with van der Waals surface area (Å²) in [6, 6.07) is 8.48. The lowest BCUT2D eigenvalue weighted by Gasteiger charge is -2.16. The van der Waals surface area contributed by atoms with Crippen LogP contribution in [0.4, 0.5) is 0 Å². The Morgan fingerprint density at radius 2 is 2.22 bits per heavy atom. The number of rotatable bonds is 4. The van der Waals surface area contributed by atoms with Crippen LogP contribution in [0.2, 0.25) is 0 Å². The van der Waals surface area contributed by atoms with Gasteiger partial charge in [0.15, 0.2) is 0 Å². The molecule has 1 fully saturated rings. The van der Waals surface area contributed by atoms with Crippen molar-refractivity contribution in [2.24, 2.45) is 0 Å². The molecule has 0 spiro atoms. The van der Waals surface area contributed by atoms with Gasteiger partial charge >= 0.3 is 0 Å². The number of carbonyl (C=O) groups is 1. The Hall–Kier alpha value is -0.870. The van der Waals surface area contributed by atoms with E-state index in [9.17, 15) is 4.79 Å². The minimum atomic E-state index is 0.0620. The summed E-state index contributed by atoms with van der Waals surface area (Å²) in [4.78, 5) is 11.9. The number of halogens is 1. The number of carbonyl (C=O) groups excluding carboxylic acids is 1. The normalized spacial score (nSPS) is 20.7. The average Bonchev–Trinajstić information content (AvgIpc) is 2.82. The number of hydrogen-bond acceptors (Lipinski definition) is 2. The van der Waals surface area contributed by atoms with Crippen molar-refractivity contribution in [3.8, 4) is 0 Å². The van der Waals surface area contributed by atoms with Gasteiger partial charge in [-0.2, -0.15) is 0 Å². The van der Waals surface area contributed by atoms with Crippen LogP contribution >= 0.6 is 15.9 Å². The molecule has 1 aromatic rings. The molecule has 2 N–H and O–H groups in total. The molecule has 0 aliphatic carbocycles. The lowest BCUT2D eigenvalue weighted by Crippen LogP contribution is -2.33. The molecule has 0 aromatic heterocycles. The zero-order chi connectivity index (χ0) is 13.0. The first-order chi connectivity index (χ1) is 8.65. The third kappa shape index (κ3) is 3.82. The Morgan fingerprint density at radius 1 is 1.50 bits per heavy atom. The Balaban J connectivity index is 1.84. The van der Waals surface area contributed by atoms with Crippen molar-refractivity contribution in [1.82, 2.24) is 10.6 Å². The van der Waals surface area contributed by atoms with Gasteiger partial charge in [0.2, 0.25) is 5.91 Å². The monoisotopic (exact) mass is 310 g/mol. The van der Waals surface area contributed by atoms with Crippen LogP contribution < -0.4 is 10.6 Å². The minimum absolute atomic E-state index is 0.0620. The topological polar surface area (TPSA) is 41.1 Å². The summed E-state index contributed by atoms with van der Waals surface area (Å²) in [5.41, 5.74) is 1.13. The number of benzene rings is 1. The Morgan fingerprint density at radius 3 is 2.83 bits per heavy atom. The molecule has 2 rings (SSSR count). The molecule has 2 unspecified atom stereocenters. The van der Waals surface area contributed by atoms with E-state index in [1.807, 2.05) is 31.2 Å². The first-order valence-corrected chi connectivity index (χ1v) is 7.22. The van der Waals surface area contributed by atoms with E-state index in [0.717, 1.165) is 23.0 Å². The van der Waals surface area contributed by atoms with Crippen molar-refractivity contribution in [2.75, 3.05) is 6.54 Å². The Bertz CT molecular complexity index is 399. The largest absolute Gasteiger partial charge is 0.350 e. The smallest absolute Gasteiger partial charge is 0.222 e. The van der Waals surface area contributed by atoms with E-state index >= 15 is 0 Å². The molecule has 98 valence electrons. The summed E-state index contributed by atoms with van der Waals surface area (Å²) in [6.07, 6.45) is 2.88. The molecule has 1 aromatic carbocycles. The van der Waals surface area contributed by atoms with Gasteiger partial charge < -0.3 is 10.6 Å². The van der Waals surface area contributed by atoms with Crippen LogP contribution in [-0.2, 0) is 4.79 Å². The zero-order valence-corrected chi connectivity index (χ0v) is 12.2. The quantitative estimate of drug-likeness (QED) is 0.898. The molecule has 4 heteroatoms. The standard InChI is InChI=1S/C14H19BrN2O/c1-10(11-4-6-12(15)7-5-11)17-14(18)9-13-3-2-8-16-13/h4-7,10,13,16H,2-3,8-9H2,1H3,(H,17,18). The van der Waals surface area contributed by atoms with Gasteiger partial charge in [0.1, 0.15) is 0 Å². The lowest BCUT2D eigenvalue weighted by molar-refractivity contribution is -0.122. The van der Waals surface area contributed by atoms with Gasteiger partial charge in [0.05, 0.1) is 6.04 Å². The maximum absolute atomic E-state index is 11.9. The second-order valence-corrected chi connectivity index (χ2v) is 5.75. The van der Waals surface area contributed by atoms with Crippen molar-refractivity contribution in [1.29, 1.82) is 0 Å². The highest BCUT2D eigenvalue weighted by molar-refractivity contribution is 9.10. The van der Waals surface area contributed by atoms with E-state index in [1.165, 1.54) is 6.42 Å². The summed E-state index contributed by atoms with van der Waals surface area (Å²) in [5.74, 6) is 0.129. The van der Waals surface area contributed by atoms with Crippen LogP contribution in [0, 0.1) is 0 Å². The SMILES string of the molecule is CC(NC(=O)CC1CCCN1)c1ccc(Br)cc1. The molecule has 0 bridgehead atoms. The van der Waals surface area contributed by atoms with E-state index in [4.69, 9.17) is 0 Å². The molecule has 1 aliphatic rings. The van der Waals surface area contributed by atoms with E-state index < -0.39 is 0 Å². The van der Waals surface area contributed by atoms with Crippen molar-refractivity contribution >= 4 is 21.8 Å². The predicted molar refractivity (Wildman–Crippen MR) is 76.3 cm³/mol. The van der Waals surface area contributed by atoms with E-state index in [0.29, 0.717) is 12.5 Å². The number of nitrogens with one attached hydrogen (secondary N) is 2. The van der Waals surface area contributed by atoms with Crippen LogP contribution in [0.15, 0.2) is 28.7 Å². The second-order valence-electron chi connectivity index (χ2n) is 4.84. The van der Waals surface area contributed by atoms with Gasteiger partial charge in [-0.3, -0.25) is 4.79 Å². The van der Waals surface area contributed by atoms with E-state index in [2.05, 4.69) is 26.6 Å². The lowest BCUT2D eigenvalue weighted by atomic mass is 10.1. The molecular formula is C14H19BrN2O. The number of hydrogen-bond donors (Lipinski definition) is 2. The fraction of sp³-hybridized carbons (Fsp3) is 0.500. The highest BCUT2D eigenvalue weighted by atomic mass is 79.9. The van der Waals surface area contributed by atoms with Gasteiger partial charge in [0, 0.05) is 16.9 Å². The summed E-state index contributed by atoms with van der Waals surface area (Å²) >= 11 is 3.41. The second kappa shape index (κ2) is 6.34. The average molecular weight is 311 g/mol.